The minimum atomic E-state index is -0.00627. The number of benzene rings is 1. The molecule has 1 unspecified atom stereocenters. The van der Waals surface area contributed by atoms with Gasteiger partial charge in [0.15, 0.2) is 0 Å². The highest BCUT2D eigenvalue weighted by atomic mass is 16.1. The van der Waals surface area contributed by atoms with Crippen LogP contribution in [0, 0.1) is 0 Å². The summed E-state index contributed by atoms with van der Waals surface area (Å²) in [6, 6.07) is 14.1. The molecule has 0 aliphatic carbocycles. The Hall–Kier alpha value is -2.46. The van der Waals surface area contributed by atoms with Crippen LogP contribution >= 0.6 is 0 Å². The number of rotatable bonds is 6. The van der Waals surface area contributed by atoms with Crippen LogP contribution in [0.4, 0.5) is 0 Å². The van der Waals surface area contributed by atoms with Crippen molar-refractivity contribution in [3.8, 4) is 0 Å². The molecular weight excluding hydrogens is 298 g/mol. The van der Waals surface area contributed by atoms with Gasteiger partial charge in [-0.15, -0.1) is 0 Å². The van der Waals surface area contributed by atoms with E-state index in [4.69, 9.17) is 0 Å². The number of nitrogens with zero attached hydrogens (tertiary/aromatic N) is 2. The first kappa shape index (κ1) is 16.4. The molecule has 1 saturated heterocycles. The number of nitrogens with one attached hydrogen (secondary N) is 1. The van der Waals surface area contributed by atoms with Crippen LogP contribution in [0.5, 0.6) is 0 Å². The minimum Gasteiger partial charge on any atom is -0.348 e. The van der Waals surface area contributed by atoms with E-state index in [0.717, 1.165) is 32.5 Å². The van der Waals surface area contributed by atoms with Crippen molar-refractivity contribution in [2.75, 3.05) is 19.6 Å². The average molecular weight is 321 g/mol. The van der Waals surface area contributed by atoms with Crippen LogP contribution in [-0.2, 0) is 0 Å². The lowest BCUT2D eigenvalue weighted by molar-refractivity contribution is 0.0937. The molecule has 1 amide bonds. The van der Waals surface area contributed by atoms with Gasteiger partial charge in [0.1, 0.15) is 0 Å². The number of amides is 1. The Labute approximate surface area is 143 Å². The molecule has 4 heteroatoms. The molecule has 0 bridgehead atoms. The summed E-state index contributed by atoms with van der Waals surface area (Å²) in [4.78, 5) is 18.5. The molecular formula is C20H23N3O. The van der Waals surface area contributed by atoms with Gasteiger partial charge in [0.2, 0.25) is 0 Å². The fourth-order valence-corrected chi connectivity index (χ4v) is 2.97. The van der Waals surface area contributed by atoms with E-state index in [1.807, 2.05) is 6.07 Å². The Balaban J connectivity index is 1.39. The Morgan fingerprint density at radius 3 is 2.79 bits per heavy atom. The normalized spacial score (nSPS) is 18.1. The van der Waals surface area contributed by atoms with E-state index in [1.54, 1.807) is 24.5 Å². The van der Waals surface area contributed by atoms with Crippen LogP contribution in [0.15, 0.2) is 60.9 Å². The summed E-state index contributed by atoms with van der Waals surface area (Å²) in [5, 5.41) is 3.11. The molecule has 1 aliphatic rings. The molecule has 0 spiro atoms. The lowest BCUT2D eigenvalue weighted by Gasteiger charge is -2.15. The minimum absolute atomic E-state index is 0.00627. The van der Waals surface area contributed by atoms with Crippen molar-refractivity contribution in [2.45, 2.75) is 18.9 Å². The second-order valence-electron chi connectivity index (χ2n) is 6.10. The van der Waals surface area contributed by atoms with Gasteiger partial charge < -0.3 is 10.2 Å². The van der Waals surface area contributed by atoms with E-state index in [-0.39, 0.29) is 11.9 Å². The molecule has 2 aromatic rings. The average Bonchev–Trinajstić information content (AvgIpc) is 3.08. The highest BCUT2D eigenvalue weighted by Crippen LogP contribution is 2.11. The fraction of sp³-hybridized carbons (Fsp3) is 0.300. The van der Waals surface area contributed by atoms with Gasteiger partial charge in [0.05, 0.1) is 0 Å². The smallest absolute Gasteiger partial charge is 0.251 e. The van der Waals surface area contributed by atoms with Gasteiger partial charge in [-0.05, 0) is 30.5 Å². The van der Waals surface area contributed by atoms with Crippen molar-refractivity contribution in [1.29, 1.82) is 0 Å². The molecule has 124 valence electrons. The Bertz CT molecular complexity index is 670. The molecule has 24 heavy (non-hydrogen) atoms. The molecule has 1 aromatic carbocycles. The third kappa shape index (κ3) is 4.77. The van der Waals surface area contributed by atoms with Crippen molar-refractivity contribution < 1.29 is 4.79 Å². The van der Waals surface area contributed by atoms with Crippen molar-refractivity contribution in [1.82, 2.24) is 15.2 Å². The van der Waals surface area contributed by atoms with Gasteiger partial charge in [-0.25, -0.2) is 0 Å². The van der Waals surface area contributed by atoms with Crippen LogP contribution in [0.2, 0.25) is 0 Å². The zero-order chi connectivity index (χ0) is 16.6. The Morgan fingerprint density at radius 1 is 1.21 bits per heavy atom. The third-order valence-electron chi connectivity index (χ3n) is 4.27. The third-order valence-corrected chi connectivity index (χ3v) is 4.27. The molecule has 1 aliphatic heterocycles. The number of carbonyl (C=O) groups is 1. The van der Waals surface area contributed by atoms with E-state index in [0.29, 0.717) is 5.56 Å². The molecule has 4 nitrogen and oxygen atoms in total. The maximum absolute atomic E-state index is 12.2. The van der Waals surface area contributed by atoms with Gasteiger partial charge in [-0.2, -0.15) is 0 Å². The van der Waals surface area contributed by atoms with Crippen LogP contribution in [0.1, 0.15) is 28.8 Å². The monoisotopic (exact) mass is 321 g/mol. The molecule has 3 rings (SSSR count). The van der Waals surface area contributed by atoms with Gasteiger partial charge in [-0.1, -0.05) is 42.5 Å². The Kier molecular flexibility index (Phi) is 5.75. The van der Waals surface area contributed by atoms with Crippen molar-refractivity contribution in [3.05, 3.63) is 72.1 Å². The topological polar surface area (TPSA) is 45.2 Å². The predicted molar refractivity (Wildman–Crippen MR) is 96.6 cm³/mol. The van der Waals surface area contributed by atoms with Gasteiger partial charge in [0, 0.05) is 43.6 Å². The summed E-state index contributed by atoms with van der Waals surface area (Å²) in [5.41, 5.74) is 1.91. The van der Waals surface area contributed by atoms with E-state index < -0.39 is 0 Å². The first-order valence-electron chi connectivity index (χ1n) is 8.46. The summed E-state index contributed by atoms with van der Waals surface area (Å²) in [7, 11) is 0. The quantitative estimate of drug-likeness (QED) is 0.889. The first-order chi connectivity index (χ1) is 11.8. The summed E-state index contributed by atoms with van der Waals surface area (Å²) in [6.07, 6.45) is 9.72. The number of hydrogen-bond acceptors (Lipinski definition) is 3. The molecule has 1 aromatic heterocycles. The molecule has 0 saturated carbocycles. The highest BCUT2D eigenvalue weighted by Gasteiger charge is 2.23. The van der Waals surface area contributed by atoms with E-state index in [2.05, 4.69) is 51.6 Å². The SMILES string of the molecule is O=C(NC1CCN(CC/C=C/c2ccccc2)C1)c1ccncc1. The van der Waals surface area contributed by atoms with Crippen LogP contribution in [0.25, 0.3) is 6.08 Å². The second kappa shape index (κ2) is 8.41. The maximum Gasteiger partial charge on any atom is 0.251 e. The lowest BCUT2D eigenvalue weighted by atomic mass is 10.2. The van der Waals surface area contributed by atoms with E-state index in [9.17, 15) is 4.79 Å². The lowest BCUT2D eigenvalue weighted by Crippen LogP contribution is -2.37. The van der Waals surface area contributed by atoms with Crippen molar-refractivity contribution in [2.24, 2.45) is 0 Å². The molecule has 2 heterocycles. The zero-order valence-corrected chi connectivity index (χ0v) is 13.8. The van der Waals surface area contributed by atoms with E-state index in [1.165, 1.54) is 5.56 Å². The van der Waals surface area contributed by atoms with Crippen LogP contribution in [-0.4, -0.2) is 41.5 Å². The number of pyridine rings is 1. The van der Waals surface area contributed by atoms with Gasteiger partial charge in [0.25, 0.3) is 5.91 Å². The summed E-state index contributed by atoms with van der Waals surface area (Å²) in [5.74, 6) is -0.00627. The number of likely N-dealkylation sites (tertiary alicyclic amines) is 1. The summed E-state index contributed by atoms with van der Waals surface area (Å²) >= 11 is 0. The second-order valence-corrected chi connectivity index (χ2v) is 6.10. The largest absolute Gasteiger partial charge is 0.348 e. The zero-order valence-electron chi connectivity index (χ0n) is 13.8. The van der Waals surface area contributed by atoms with E-state index >= 15 is 0 Å². The maximum atomic E-state index is 12.2. The molecule has 0 radical (unpaired) electrons. The first-order valence-corrected chi connectivity index (χ1v) is 8.46. The molecule has 1 atom stereocenters. The number of carbonyl (C=O) groups excluding carboxylic acids is 1. The van der Waals surface area contributed by atoms with Gasteiger partial charge >= 0.3 is 0 Å². The number of hydrogen-bond donors (Lipinski definition) is 1. The predicted octanol–water partition coefficient (Wildman–Crippen LogP) is 2.99. The standard InChI is InChI=1S/C20H23N3O/c24-20(18-9-12-21-13-10-18)22-19-11-15-23(16-19)14-5-4-8-17-6-2-1-3-7-17/h1-4,6-10,12-13,19H,5,11,14-16H2,(H,22,24)/b8-4+. The van der Waals surface area contributed by atoms with Crippen molar-refractivity contribution >= 4 is 12.0 Å². The van der Waals surface area contributed by atoms with Crippen molar-refractivity contribution in [3.63, 3.8) is 0 Å². The molecule has 1 fully saturated rings. The van der Waals surface area contributed by atoms with Gasteiger partial charge in [-0.3, -0.25) is 9.78 Å². The Morgan fingerprint density at radius 2 is 2.00 bits per heavy atom. The van der Waals surface area contributed by atoms with Crippen LogP contribution in [0.3, 0.4) is 0 Å². The highest BCUT2D eigenvalue weighted by molar-refractivity contribution is 5.94. The number of aromatic nitrogens is 1. The summed E-state index contributed by atoms with van der Waals surface area (Å²) < 4.78 is 0. The fourth-order valence-electron chi connectivity index (χ4n) is 2.97. The van der Waals surface area contributed by atoms with Crippen LogP contribution < -0.4 is 5.32 Å². The summed E-state index contributed by atoms with van der Waals surface area (Å²) in [6.45, 7) is 3.00. The molecule has 1 N–H and O–H groups in total.